The van der Waals surface area contributed by atoms with E-state index in [1.165, 1.54) is 12.8 Å². The summed E-state index contributed by atoms with van der Waals surface area (Å²) in [4.78, 5) is 0. The van der Waals surface area contributed by atoms with E-state index in [9.17, 15) is 0 Å². The number of nitrogens with zero attached hydrogens (tertiary/aromatic N) is 2. The minimum atomic E-state index is -0.0605. The van der Waals surface area contributed by atoms with Crippen LogP contribution >= 0.6 is 0 Å². The summed E-state index contributed by atoms with van der Waals surface area (Å²) in [5.41, 5.74) is 1.10. The third kappa shape index (κ3) is 4.30. The van der Waals surface area contributed by atoms with E-state index in [0.29, 0.717) is 12.1 Å². The maximum atomic E-state index is 6.15. The van der Waals surface area contributed by atoms with Gasteiger partial charge in [0.25, 0.3) is 0 Å². The fourth-order valence-corrected chi connectivity index (χ4v) is 3.04. The van der Waals surface area contributed by atoms with Crippen LogP contribution in [0.1, 0.15) is 65.1 Å². The predicted molar refractivity (Wildman–Crippen MR) is 86.6 cm³/mol. The van der Waals surface area contributed by atoms with Gasteiger partial charge in [-0.2, -0.15) is 5.10 Å². The molecule has 0 aliphatic carbocycles. The number of hydrogen-bond acceptors (Lipinski definition) is 3. The van der Waals surface area contributed by atoms with Crippen molar-refractivity contribution in [3.63, 3.8) is 0 Å². The molecule has 2 heterocycles. The zero-order chi connectivity index (χ0) is 15.3. The zero-order valence-electron chi connectivity index (χ0n) is 14.1. The van der Waals surface area contributed by atoms with E-state index in [-0.39, 0.29) is 5.60 Å². The number of rotatable bonds is 7. The van der Waals surface area contributed by atoms with Crippen LogP contribution in [0.25, 0.3) is 0 Å². The van der Waals surface area contributed by atoms with Crippen molar-refractivity contribution in [2.75, 3.05) is 13.2 Å². The minimum Gasteiger partial charge on any atom is -0.374 e. The van der Waals surface area contributed by atoms with Crippen LogP contribution in [0.4, 0.5) is 0 Å². The van der Waals surface area contributed by atoms with Gasteiger partial charge in [0.15, 0.2) is 0 Å². The summed E-state index contributed by atoms with van der Waals surface area (Å²) in [6.07, 6.45) is 7.77. The second-order valence-electron chi connectivity index (χ2n) is 6.71. The molecule has 1 N–H and O–H groups in total. The SMILES string of the molecule is CCCNC(Cc1ccn(C(C)C)n1)C1(C)CCCCO1. The molecule has 2 atom stereocenters. The second-order valence-corrected chi connectivity index (χ2v) is 6.71. The summed E-state index contributed by atoms with van der Waals surface area (Å²) in [6.45, 7) is 10.7. The van der Waals surface area contributed by atoms with Crippen LogP contribution in [0, 0.1) is 0 Å². The van der Waals surface area contributed by atoms with Crippen molar-refractivity contribution in [3.8, 4) is 0 Å². The number of aromatic nitrogens is 2. The Hall–Kier alpha value is -0.870. The quantitative estimate of drug-likeness (QED) is 0.838. The van der Waals surface area contributed by atoms with Crippen LogP contribution in [-0.4, -0.2) is 34.6 Å². The molecule has 0 bridgehead atoms. The summed E-state index contributed by atoms with van der Waals surface area (Å²) < 4.78 is 8.19. The molecule has 4 nitrogen and oxygen atoms in total. The van der Waals surface area contributed by atoms with Crippen molar-refractivity contribution in [1.82, 2.24) is 15.1 Å². The smallest absolute Gasteiger partial charge is 0.0810 e. The van der Waals surface area contributed by atoms with Crippen LogP contribution < -0.4 is 5.32 Å². The van der Waals surface area contributed by atoms with E-state index < -0.39 is 0 Å². The zero-order valence-corrected chi connectivity index (χ0v) is 14.1. The monoisotopic (exact) mass is 293 g/mol. The topological polar surface area (TPSA) is 39.1 Å². The fourth-order valence-electron chi connectivity index (χ4n) is 3.04. The van der Waals surface area contributed by atoms with Gasteiger partial charge >= 0.3 is 0 Å². The highest BCUT2D eigenvalue weighted by atomic mass is 16.5. The van der Waals surface area contributed by atoms with Crippen LogP contribution in [0.2, 0.25) is 0 Å². The lowest BCUT2D eigenvalue weighted by molar-refractivity contribution is -0.0885. The van der Waals surface area contributed by atoms with E-state index in [0.717, 1.165) is 38.1 Å². The standard InChI is InChI=1S/C17H31N3O/c1-5-10-18-16(17(4)9-6-7-12-21-17)13-15-8-11-20(19-15)14(2)3/h8,11,14,16,18H,5-7,9-10,12-13H2,1-4H3. The normalized spacial score (nSPS) is 24.4. The van der Waals surface area contributed by atoms with Gasteiger partial charge in [0, 0.05) is 31.3 Å². The van der Waals surface area contributed by atoms with Crippen molar-refractivity contribution >= 4 is 0 Å². The highest BCUT2D eigenvalue weighted by Crippen LogP contribution is 2.29. The molecule has 1 aliphatic heterocycles. The van der Waals surface area contributed by atoms with Gasteiger partial charge in [0.2, 0.25) is 0 Å². The van der Waals surface area contributed by atoms with E-state index in [2.05, 4.69) is 45.3 Å². The van der Waals surface area contributed by atoms with E-state index >= 15 is 0 Å². The van der Waals surface area contributed by atoms with Crippen molar-refractivity contribution in [1.29, 1.82) is 0 Å². The fraction of sp³-hybridized carbons (Fsp3) is 0.824. The first-order valence-electron chi connectivity index (χ1n) is 8.46. The van der Waals surface area contributed by atoms with Gasteiger partial charge < -0.3 is 10.1 Å². The molecule has 120 valence electrons. The van der Waals surface area contributed by atoms with Gasteiger partial charge in [-0.3, -0.25) is 4.68 Å². The summed E-state index contributed by atoms with van der Waals surface area (Å²) in [5, 5.41) is 8.40. The van der Waals surface area contributed by atoms with Crippen LogP contribution in [-0.2, 0) is 11.2 Å². The van der Waals surface area contributed by atoms with Crippen molar-refractivity contribution in [2.45, 2.75) is 77.5 Å². The molecular weight excluding hydrogens is 262 g/mol. The van der Waals surface area contributed by atoms with Crippen molar-refractivity contribution in [2.24, 2.45) is 0 Å². The molecule has 1 aromatic heterocycles. The van der Waals surface area contributed by atoms with Gasteiger partial charge in [-0.25, -0.2) is 0 Å². The third-order valence-corrected chi connectivity index (χ3v) is 4.48. The highest BCUT2D eigenvalue weighted by Gasteiger charge is 2.36. The Bertz CT molecular complexity index is 421. The second kappa shape index (κ2) is 7.41. The molecule has 4 heteroatoms. The maximum Gasteiger partial charge on any atom is 0.0810 e. The number of hydrogen-bond donors (Lipinski definition) is 1. The molecule has 21 heavy (non-hydrogen) atoms. The minimum absolute atomic E-state index is 0.0605. The molecule has 0 saturated carbocycles. The Morgan fingerprint density at radius 2 is 2.24 bits per heavy atom. The molecule has 1 aromatic rings. The first kappa shape index (κ1) is 16.5. The first-order valence-corrected chi connectivity index (χ1v) is 8.46. The third-order valence-electron chi connectivity index (χ3n) is 4.48. The summed E-state index contributed by atoms with van der Waals surface area (Å²) in [5.74, 6) is 0. The van der Waals surface area contributed by atoms with Crippen molar-refractivity contribution < 1.29 is 4.74 Å². The van der Waals surface area contributed by atoms with Gasteiger partial charge in [-0.05, 0) is 59.1 Å². The number of nitrogens with one attached hydrogen (secondary N) is 1. The average Bonchev–Trinajstić information content (AvgIpc) is 2.93. The van der Waals surface area contributed by atoms with E-state index in [4.69, 9.17) is 9.84 Å². The molecule has 2 rings (SSSR count). The molecule has 1 saturated heterocycles. The van der Waals surface area contributed by atoms with E-state index in [1.807, 2.05) is 4.68 Å². The van der Waals surface area contributed by atoms with Crippen LogP contribution in [0.15, 0.2) is 12.3 Å². The van der Waals surface area contributed by atoms with Crippen LogP contribution in [0.3, 0.4) is 0 Å². The largest absolute Gasteiger partial charge is 0.374 e. The maximum absolute atomic E-state index is 6.15. The molecule has 2 unspecified atom stereocenters. The molecular formula is C17H31N3O. The van der Waals surface area contributed by atoms with E-state index in [1.54, 1.807) is 0 Å². The molecule has 0 amide bonds. The Balaban J connectivity index is 2.07. The van der Waals surface area contributed by atoms with Gasteiger partial charge in [0.1, 0.15) is 0 Å². The molecule has 0 radical (unpaired) electrons. The Kier molecular flexibility index (Phi) is 5.82. The van der Waals surface area contributed by atoms with Gasteiger partial charge in [-0.1, -0.05) is 6.92 Å². The Morgan fingerprint density at radius 1 is 1.43 bits per heavy atom. The summed E-state index contributed by atoms with van der Waals surface area (Å²) in [6, 6.07) is 2.91. The molecule has 1 fully saturated rings. The van der Waals surface area contributed by atoms with Crippen molar-refractivity contribution in [3.05, 3.63) is 18.0 Å². The Labute approximate surface area is 129 Å². The van der Waals surface area contributed by atoms with Gasteiger partial charge in [-0.15, -0.1) is 0 Å². The highest BCUT2D eigenvalue weighted by molar-refractivity contribution is 5.06. The Morgan fingerprint density at radius 3 is 2.81 bits per heavy atom. The lowest BCUT2D eigenvalue weighted by Gasteiger charge is -2.41. The van der Waals surface area contributed by atoms with Crippen LogP contribution in [0.5, 0.6) is 0 Å². The summed E-state index contributed by atoms with van der Waals surface area (Å²) in [7, 11) is 0. The molecule has 0 aromatic carbocycles. The first-order chi connectivity index (χ1) is 10.0. The molecule has 0 spiro atoms. The predicted octanol–water partition coefficient (Wildman–Crippen LogP) is 3.33. The molecule has 1 aliphatic rings. The lowest BCUT2D eigenvalue weighted by atomic mass is 9.85. The lowest BCUT2D eigenvalue weighted by Crippen LogP contribution is -2.53. The number of ether oxygens (including phenoxy) is 1. The summed E-state index contributed by atoms with van der Waals surface area (Å²) >= 11 is 0. The average molecular weight is 293 g/mol. The van der Waals surface area contributed by atoms with Gasteiger partial charge in [0.05, 0.1) is 11.3 Å².